The molecule has 1 heterocycles. The minimum atomic E-state index is -0.784. The average molecular weight is 240 g/mol. The molecule has 1 amide bonds. The summed E-state index contributed by atoms with van der Waals surface area (Å²) in [5.74, 6) is -0.648. The van der Waals surface area contributed by atoms with Crippen LogP contribution in [-0.4, -0.2) is 60.0 Å². The number of aliphatic carboxylic acids is 1. The zero-order valence-corrected chi connectivity index (χ0v) is 10.3. The van der Waals surface area contributed by atoms with Crippen LogP contribution in [0.1, 0.15) is 25.7 Å². The Kier molecular flexibility index (Phi) is 3.38. The van der Waals surface area contributed by atoms with Gasteiger partial charge in [-0.1, -0.05) is 0 Å². The van der Waals surface area contributed by atoms with Gasteiger partial charge in [0.05, 0.1) is 6.42 Å². The Hall–Kier alpha value is -1.10. The molecule has 5 nitrogen and oxygen atoms in total. The summed E-state index contributed by atoms with van der Waals surface area (Å²) in [4.78, 5) is 26.9. The molecule has 1 aliphatic heterocycles. The van der Waals surface area contributed by atoms with Crippen LogP contribution in [-0.2, 0) is 9.59 Å². The molecule has 2 rings (SSSR count). The Labute approximate surface area is 101 Å². The molecule has 1 saturated heterocycles. The highest BCUT2D eigenvalue weighted by molar-refractivity contribution is 5.79. The summed E-state index contributed by atoms with van der Waals surface area (Å²) in [5.41, 5.74) is -0.216. The molecule has 0 unspecified atom stereocenters. The van der Waals surface area contributed by atoms with Gasteiger partial charge in [0.2, 0.25) is 5.91 Å². The van der Waals surface area contributed by atoms with Crippen molar-refractivity contribution >= 4 is 11.9 Å². The number of piperazine rings is 1. The third-order valence-corrected chi connectivity index (χ3v) is 3.87. The zero-order valence-electron chi connectivity index (χ0n) is 10.3. The number of nitrogens with zero attached hydrogens (tertiary/aromatic N) is 2. The second-order valence-electron chi connectivity index (χ2n) is 5.43. The minimum absolute atomic E-state index is 0.136. The van der Waals surface area contributed by atoms with E-state index < -0.39 is 5.97 Å². The number of rotatable bonds is 4. The lowest BCUT2D eigenvalue weighted by atomic mass is 9.97. The van der Waals surface area contributed by atoms with Gasteiger partial charge in [-0.3, -0.25) is 9.59 Å². The highest BCUT2D eigenvalue weighted by Crippen LogP contribution is 2.52. The molecule has 0 atom stereocenters. The molecule has 96 valence electrons. The van der Waals surface area contributed by atoms with Gasteiger partial charge >= 0.3 is 5.97 Å². The Balaban J connectivity index is 1.83. The Morgan fingerprint density at radius 1 is 1.12 bits per heavy atom. The second kappa shape index (κ2) is 4.64. The van der Waals surface area contributed by atoms with E-state index in [1.165, 1.54) is 0 Å². The zero-order chi connectivity index (χ0) is 12.5. The molecular weight excluding hydrogens is 220 g/mol. The first-order valence-corrected chi connectivity index (χ1v) is 6.19. The van der Waals surface area contributed by atoms with Gasteiger partial charge in [0, 0.05) is 32.6 Å². The number of carbonyl (C=O) groups is 2. The van der Waals surface area contributed by atoms with Crippen LogP contribution in [0.3, 0.4) is 0 Å². The molecule has 2 fully saturated rings. The van der Waals surface area contributed by atoms with Crippen LogP contribution in [0.2, 0.25) is 0 Å². The van der Waals surface area contributed by atoms with E-state index in [9.17, 15) is 9.59 Å². The van der Waals surface area contributed by atoms with Crippen molar-refractivity contribution in [2.45, 2.75) is 25.7 Å². The Bertz CT molecular complexity index is 318. The van der Waals surface area contributed by atoms with Gasteiger partial charge in [-0.25, -0.2) is 0 Å². The number of carbonyl (C=O) groups excluding carboxylic acids is 1. The van der Waals surface area contributed by atoms with Crippen molar-refractivity contribution in [2.24, 2.45) is 5.41 Å². The summed E-state index contributed by atoms with van der Waals surface area (Å²) < 4.78 is 0. The molecule has 0 radical (unpaired) electrons. The number of carboxylic acid groups (broad SMARTS) is 1. The van der Waals surface area contributed by atoms with Crippen molar-refractivity contribution in [3.05, 3.63) is 0 Å². The molecule has 1 N–H and O–H groups in total. The number of likely N-dealkylation sites (N-methyl/N-ethyl adjacent to an activating group) is 1. The largest absolute Gasteiger partial charge is 0.481 e. The van der Waals surface area contributed by atoms with Gasteiger partial charge in [-0.2, -0.15) is 0 Å². The maximum atomic E-state index is 12.1. The van der Waals surface area contributed by atoms with E-state index in [0.717, 1.165) is 39.0 Å². The van der Waals surface area contributed by atoms with Crippen LogP contribution in [0.25, 0.3) is 0 Å². The van der Waals surface area contributed by atoms with E-state index in [1.807, 2.05) is 4.90 Å². The number of hydrogen-bond donors (Lipinski definition) is 1. The fourth-order valence-electron chi connectivity index (χ4n) is 2.40. The summed E-state index contributed by atoms with van der Waals surface area (Å²) in [5, 5.41) is 8.82. The van der Waals surface area contributed by atoms with Crippen LogP contribution in [0.4, 0.5) is 0 Å². The highest BCUT2D eigenvalue weighted by Gasteiger charge is 2.46. The molecule has 0 aromatic carbocycles. The lowest BCUT2D eigenvalue weighted by Crippen LogP contribution is -2.47. The maximum Gasteiger partial charge on any atom is 0.303 e. The molecule has 0 aromatic rings. The molecular formula is C12H20N2O3. The van der Waals surface area contributed by atoms with E-state index in [4.69, 9.17) is 5.11 Å². The van der Waals surface area contributed by atoms with Crippen molar-refractivity contribution in [3.63, 3.8) is 0 Å². The van der Waals surface area contributed by atoms with Crippen molar-refractivity contribution in [1.82, 2.24) is 9.80 Å². The third-order valence-electron chi connectivity index (χ3n) is 3.87. The monoisotopic (exact) mass is 240 g/mol. The van der Waals surface area contributed by atoms with E-state index in [2.05, 4.69) is 11.9 Å². The quantitative estimate of drug-likeness (QED) is 0.773. The van der Waals surface area contributed by atoms with Crippen LogP contribution < -0.4 is 0 Å². The number of hydrogen-bond acceptors (Lipinski definition) is 3. The SMILES string of the molecule is CN1CCN(C(=O)CC2(CC(=O)O)CC2)CC1. The summed E-state index contributed by atoms with van der Waals surface area (Å²) in [7, 11) is 2.05. The molecule has 1 aliphatic carbocycles. The smallest absolute Gasteiger partial charge is 0.303 e. The van der Waals surface area contributed by atoms with Gasteiger partial charge in [0.25, 0.3) is 0 Å². The Morgan fingerprint density at radius 3 is 2.18 bits per heavy atom. The number of carboxylic acids is 1. The summed E-state index contributed by atoms with van der Waals surface area (Å²) in [6.45, 7) is 3.38. The minimum Gasteiger partial charge on any atom is -0.481 e. The first kappa shape index (κ1) is 12.4. The molecule has 17 heavy (non-hydrogen) atoms. The van der Waals surface area contributed by atoms with Gasteiger partial charge in [0.15, 0.2) is 0 Å². The van der Waals surface area contributed by atoms with Gasteiger partial charge in [0.1, 0.15) is 0 Å². The average Bonchev–Trinajstić information content (AvgIpc) is 2.97. The van der Waals surface area contributed by atoms with Crippen molar-refractivity contribution in [3.8, 4) is 0 Å². The van der Waals surface area contributed by atoms with Gasteiger partial charge in [-0.05, 0) is 25.3 Å². The van der Waals surface area contributed by atoms with Crippen molar-refractivity contribution < 1.29 is 14.7 Å². The predicted molar refractivity (Wildman–Crippen MR) is 62.6 cm³/mol. The van der Waals surface area contributed by atoms with Crippen molar-refractivity contribution in [1.29, 1.82) is 0 Å². The van der Waals surface area contributed by atoms with Crippen LogP contribution in [0.5, 0.6) is 0 Å². The van der Waals surface area contributed by atoms with Crippen LogP contribution >= 0.6 is 0 Å². The van der Waals surface area contributed by atoms with Gasteiger partial charge in [-0.15, -0.1) is 0 Å². The normalized spacial score (nSPS) is 23.5. The molecule has 2 aliphatic rings. The second-order valence-corrected chi connectivity index (χ2v) is 5.43. The standard InChI is InChI=1S/C12H20N2O3/c1-13-4-6-14(7-5-13)10(15)8-12(2-3-12)9-11(16)17/h2-9H2,1H3,(H,16,17). The molecule has 0 spiro atoms. The fraction of sp³-hybridized carbons (Fsp3) is 0.833. The molecule has 5 heteroatoms. The summed E-state index contributed by atoms with van der Waals surface area (Å²) >= 11 is 0. The number of amides is 1. The molecule has 1 saturated carbocycles. The van der Waals surface area contributed by atoms with E-state index >= 15 is 0 Å². The van der Waals surface area contributed by atoms with E-state index in [0.29, 0.717) is 6.42 Å². The molecule has 0 bridgehead atoms. The maximum absolute atomic E-state index is 12.1. The summed E-state index contributed by atoms with van der Waals surface area (Å²) in [6, 6.07) is 0. The summed E-state index contributed by atoms with van der Waals surface area (Å²) in [6.07, 6.45) is 2.34. The van der Waals surface area contributed by atoms with Crippen LogP contribution in [0.15, 0.2) is 0 Å². The topological polar surface area (TPSA) is 60.9 Å². The lowest BCUT2D eigenvalue weighted by Gasteiger charge is -2.33. The lowest BCUT2D eigenvalue weighted by molar-refractivity contribution is -0.139. The van der Waals surface area contributed by atoms with Crippen LogP contribution in [0, 0.1) is 5.41 Å². The van der Waals surface area contributed by atoms with Gasteiger partial charge < -0.3 is 14.9 Å². The van der Waals surface area contributed by atoms with Crippen molar-refractivity contribution in [2.75, 3.05) is 33.2 Å². The first-order valence-electron chi connectivity index (χ1n) is 6.19. The predicted octanol–water partition coefficient (Wildman–Crippen LogP) is 0.405. The highest BCUT2D eigenvalue weighted by atomic mass is 16.4. The molecule has 0 aromatic heterocycles. The van der Waals surface area contributed by atoms with E-state index in [-0.39, 0.29) is 17.7 Å². The third kappa shape index (κ3) is 3.19. The Morgan fingerprint density at radius 2 is 1.71 bits per heavy atom. The first-order chi connectivity index (χ1) is 8.01. The van der Waals surface area contributed by atoms with E-state index in [1.54, 1.807) is 0 Å². The fourth-order valence-corrected chi connectivity index (χ4v) is 2.40.